The fourth-order valence-corrected chi connectivity index (χ4v) is 2.66. The number of methoxy groups -OCH3 is 1. The number of hydrogen-bond acceptors (Lipinski definition) is 3. The molecule has 0 aromatic heterocycles. The highest BCUT2D eigenvalue weighted by Gasteiger charge is 2.27. The first kappa shape index (κ1) is 16.4. The maximum Gasteiger partial charge on any atom is 0.187 e. The fourth-order valence-electron chi connectivity index (χ4n) is 2.52. The van der Waals surface area contributed by atoms with Crippen LogP contribution in [0.4, 0.5) is 0 Å². The number of thiocarbonyl (C=S) groups is 1. The van der Waals surface area contributed by atoms with E-state index in [2.05, 4.69) is 36.6 Å². The molecule has 0 saturated heterocycles. The van der Waals surface area contributed by atoms with Gasteiger partial charge < -0.3 is 10.1 Å². The van der Waals surface area contributed by atoms with E-state index in [1.807, 2.05) is 0 Å². The molecule has 5 heteroatoms. The van der Waals surface area contributed by atoms with Gasteiger partial charge in [0, 0.05) is 25.3 Å². The summed E-state index contributed by atoms with van der Waals surface area (Å²) in [5.41, 5.74) is 4.24. The van der Waals surface area contributed by atoms with E-state index in [0.29, 0.717) is 30.1 Å². The van der Waals surface area contributed by atoms with Crippen LogP contribution in [0.15, 0.2) is 5.10 Å². The van der Waals surface area contributed by atoms with Crippen LogP contribution in [0, 0.1) is 17.8 Å². The summed E-state index contributed by atoms with van der Waals surface area (Å²) in [6.07, 6.45) is 3.62. The summed E-state index contributed by atoms with van der Waals surface area (Å²) < 4.78 is 4.96. The molecule has 1 aliphatic carbocycles. The third kappa shape index (κ3) is 5.87. The van der Waals surface area contributed by atoms with Crippen molar-refractivity contribution < 1.29 is 4.74 Å². The van der Waals surface area contributed by atoms with Crippen LogP contribution in [0.5, 0.6) is 0 Å². The molecule has 0 spiro atoms. The summed E-state index contributed by atoms with van der Waals surface area (Å²) in [6, 6.07) is 0. The van der Waals surface area contributed by atoms with E-state index in [4.69, 9.17) is 17.0 Å². The van der Waals surface area contributed by atoms with Crippen LogP contribution in [0.1, 0.15) is 40.0 Å². The predicted molar refractivity (Wildman–Crippen MR) is 84.4 cm³/mol. The van der Waals surface area contributed by atoms with E-state index in [0.717, 1.165) is 12.3 Å². The fraction of sp³-hybridized carbons (Fsp3) is 0.857. The number of ether oxygens (including phenoxy) is 1. The van der Waals surface area contributed by atoms with Gasteiger partial charge in [0.15, 0.2) is 5.11 Å². The zero-order valence-corrected chi connectivity index (χ0v) is 13.3. The molecule has 1 saturated carbocycles. The topological polar surface area (TPSA) is 45.6 Å². The van der Waals surface area contributed by atoms with Crippen molar-refractivity contribution in [2.75, 3.05) is 20.3 Å². The van der Waals surface area contributed by atoms with Gasteiger partial charge in [-0.1, -0.05) is 20.8 Å². The average molecular weight is 285 g/mol. The van der Waals surface area contributed by atoms with Gasteiger partial charge >= 0.3 is 0 Å². The summed E-state index contributed by atoms with van der Waals surface area (Å²) in [7, 11) is 1.68. The second-order valence-electron chi connectivity index (χ2n) is 5.70. The summed E-state index contributed by atoms with van der Waals surface area (Å²) in [6.45, 7) is 8.18. The Morgan fingerprint density at radius 3 is 2.84 bits per heavy atom. The van der Waals surface area contributed by atoms with Gasteiger partial charge in [-0.25, -0.2) is 0 Å². The quantitative estimate of drug-likeness (QED) is 0.463. The summed E-state index contributed by atoms with van der Waals surface area (Å²) in [5, 5.41) is 8.18. The lowest BCUT2D eigenvalue weighted by Crippen LogP contribution is -2.36. The van der Waals surface area contributed by atoms with Crippen LogP contribution in [-0.2, 0) is 4.74 Å². The molecule has 2 N–H and O–H groups in total. The summed E-state index contributed by atoms with van der Waals surface area (Å²) in [4.78, 5) is 0. The van der Waals surface area contributed by atoms with Crippen LogP contribution >= 0.6 is 12.2 Å². The largest absolute Gasteiger partial charge is 0.383 e. The minimum atomic E-state index is 0.574. The minimum absolute atomic E-state index is 0.574. The zero-order valence-electron chi connectivity index (χ0n) is 12.5. The van der Waals surface area contributed by atoms with Crippen LogP contribution in [0.3, 0.4) is 0 Å². The molecule has 2 atom stereocenters. The van der Waals surface area contributed by atoms with Crippen LogP contribution in [0.25, 0.3) is 0 Å². The van der Waals surface area contributed by atoms with Crippen molar-refractivity contribution in [1.82, 2.24) is 10.7 Å². The molecule has 0 aliphatic heterocycles. The van der Waals surface area contributed by atoms with E-state index in [-0.39, 0.29) is 0 Å². The maximum absolute atomic E-state index is 5.18. The van der Waals surface area contributed by atoms with Crippen molar-refractivity contribution in [2.45, 2.75) is 40.0 Å². The van der Waals surface area contributed by atoms with Gasteiger partial charge in [-0.2, -0.15) is 5.10 Å². The normalized spacial score (nSPS) is 25.6. The molecule has 1 fully saturated rings. The number of hydrogen-bond donors (Lipinski definition) is 2. The molecular weight excluding hydrogens is 258 g/mol. The molecule has 0 amide bonds. The molecular formula is C14H27N3OS. The second kappa shape index (κ2) is 8.48. The lowest BCUT2D eigenvalue weighted by Gasteiger charge is -2.30. The van der Waals surface area contributed by atoms with Gasteiger partial charge in [-0.3, -0.25) is 5.43 Å². The molecule has 1 rings (SSSR count). The minimum Gasteiger partial charge on any atom is -0.383 e. The zero-order chi connectivity index (χ0) is 14.3. The third-order valence-electron chi connectivity index (χ3n) is 3.65. The van der Waals surface area contributed by atoms with Crippen molar-refractivity contribution in [2.24, 2.45) is 22.9 Å². The number of rotatable bonds is 5. The van der Waals surface area contributed by atoms with E-state index in [1.165, 1.54) is 18.6 Å². The summed E-state index contributed by atoms with van der Waals surface area (Å²) in [5.74, 6) is 1.96. The molecule has 0 aromatic carbocycles. The second-order valence-corrected chi connectivity index (χ2v) is 6.11. The Hall–Kier alpha value is -0.680. The first-order valence-electron chi connectivity index (χ1n) is 7.13. The predicted octanol–water partition coefficient (Wildman–Crippen LogP) is 2.55. The Kier molecular flexibility index (Phi) is 7.31. The SMILES string of the molecule is COCCNC(=S)N/N=C1/C[C@H](C)CC[C@@H]1C(C)C. The van der Waals surface area contributed by atoms with E-state index < -0.39 is 0 Å². The Morgan fingerprint density at radius 2 is 2.21 bits per heavy atom. The molecule has 110 valence electrons. The summed E-state index contributed by atoms with van der Waals surface area (Å²) >= 11 is 5.18. The molecule has 0 radical (unpaired) electrons. The standard InChI is InChI=1S/C14H27N3OS/c1-10(2)12-6-5-11(3)9-13(12)16-17-14(19)15-7-8-18-4/h10-12H,5-9H2,1-4H3,(H2,15,17,19)/b16-13-/t11-,12-/m1/s1. The number of hydrazone groups is 1. The van der Waals surface area contributed by atoms with E-state index >= 15 is 0 Å². The highest BCUT2D eigenvalue weighted by molar-refractivity contribution is 7.80. The van der Waals surface area contributed by atoms with Crippen LogP contribution in [0.2, 0.25) is 0 Å². The van der Waals surface area contributed by atoms with E-state index in [1.54, 1.807) is 7.11 Å². The first-order chi connectivity index (χ1) is 9.04. The lowest BCUT2D eigenvalue weighted by atomic mass is 9.76. The molecule has 4 nitrogen and oxygen atoms in total. The van der Waals surface area contributed by atoms with Gasteiger partial charge in [0.25, 0.3) is 0 Å². The lowest BCUT2D eigenvalue weighted by molar-refractivity contribution is 0.204. The molecule has 19 heavy (non-hydrogen) atoms. The van der Waals surface area contributed by atoms with Gasteiger partial charge in [0.2, 0.25) is 0 Å². The molecule has 0 unspecified atom stereocenters. The third-order valence-corrected chi connectivity index (χ3v) is 3.89. The van der Waals surface area contributed by atoms with Crippen molar-refractivity contribution in [3.63, 3.8) is 0 Å². The van der Waals surface area contributed by atoms with Crippen molar-refractivity contribution in [3.8, 4) is 0 Å². The molecule has 0 heterocycles. The van der Waals surface area contributed by atoms with Gasteiger partial charge in [0.05, 0.1) is 6.61 Å². The van der Waals surface area contributed by atoms with Crippen LogP contribution < -0.4 is 10.7 Å². The van der Waals surface area contributed by atoms with Crippen LogP contribution in [-0.4, -0.2) is 31.1 Å². The highest BCUT2D eigenvalue weighted by atomic mass is 32.1. The molecule has 1 aliphatic rings. The Morgan fingerprint density at radius 1 is 1.47 bits per heavy atom. The average Bonchev–Trinajstić information content (AvgIpc) is 2.36. The monoisotopic (exact) mass is 285 g/mol. The Bertz CT molecular complexity index is 318. The Balaban J connectivity index is 2.49. The highest BCUT2D eigenvalue weighted by Crippen LogP contribution is 2.31. The molecule has 0 bridgehead atoms. The van der Waals surface area contributed by atoms with E-state index in [9.17, 15) is 0 Å². The molecule has 0 aromatic rings. The Labute approximate surface area is 122 Å². The first-order valence-corrected chi connectivity index (χ1v) is 7.54. The van der Waals surface area contributed by atoms with Crippen molar-refractivity contribution >= 4 is 23.0 Å². The van der Waals surface area contributed by atoms with Gasteiger partial charge in [-0.05, 0) is 43.3 Å². The van der Waals surface area contributed by atoms with Crippen molar-refractivity contribution in [3.05, 3.63) is 0 Å². The maximum atomic E-state index is 5.18. The van der Waals surface area contributed by atoms with Crippen molar-refractivity contribution in [1.29, 1.82) is 0 Å². The number of nitrogens with one attached hydrogen (secondary N) is 2. The van der Waals surface area contributed by atoms with Gasteiger partial charge in [-0.15, -0.1) is 0 Å². The smallest absolute Gasteiger partial charge is 0.187 e. The van der Waals surface area contributed by atoms with Gasteiger partial charge in [0.1, 0.15) is 0 Å². The number of nitrogens with zero attached hydrogens (tertiary/aromatic N) is 1.